The summed E-state index contributed by atoms with van der Waals surface area (Å²) in [7, 11) is 1.66. The molecule has 0 unspecified atom stereocenters. The van der Waals surface area contributed by atoms with Gasteiger partial charge >= 0.3 is 0 Å². The number of nitrogens with zero attached hydrogens (tertiary/aromatic N) is 1. The van der Waals surface area contributed by atoms with Gasteiger partial charge in [-0.1, -0.05) is 6.92 Å². The van der Waals surface area contributed by atoms with Crippen molar-refractivity contribution in [1.82, 2.24) is 4.90 Å². The van der Waals surface area contributed by atoms with Gasteiger partial charge in [-0.25, -0.2) is 0 Å². The Morgan fingerprint density at radius 2 is 1.56 bits per heavy atom. The van der Waals surface area contributed by atoms with Gasteiger partial charge in [0.1, 0.15) is 0 Å². The largest absolute Gasteiger partial charge is 0.382 e. The van der Waals surface area contributed by atoms with E-state index in [1.807, 2.05) is 0 Å². The average Bonchev–Trinajstić information content (AvgIpc) is 2.31. The van der Waals surface area contributed by atoms with Crippen LogP contribution in [0.25, 0.3) is 0 Å². The summed E-state index contributed by atoms with van der Waals surface area (Å²) in [6.45, 7) is 9.00. The Bertz CT molecular complexity index is 136. The van der Waals surface area contributed by atoms with Gasteiger partial charge < -0.3 is 24.8 Å². The minimum Gasteiger partial charge on any atom is -0.382 e. The number of rotatable bonds is 12. The van der Waals surface area contributed by atoms with Crippen LogP contribution in [0.15, 0.2) is 0 Å². The second-order valence-corrected chi connectivity index (χ2v) is 3.44. The van der Waals surface area contributed by atoms with Gasteiger partial charge in [-0.15, -0.1) is 0 Å². The molecular formula is C11H26N2O3. The predicted molar refractivity (Wildman–Crippen MR) is 64.7 cm³/mol. The molecule has 16 heavy (non-hydrogen) atoms. The molecule has 0 bridgehead atoms. The molecule has 0 radical (unpaired) electrons. The predicted octanol–water partition coefficient (Wildman–Crippen LogP) is -0.0534. The van der Waals surface area contributed by atoms with E-state index in [2.05, 4.69) is 11.8 Å². The topological polar surface area (TPSA) is 57.0 Å². The van der Waals surface area contributed by atoms with E-state index >= 15 is 0 Å². The first-order valence-electron chi connectivity index (χ1n) is 5.92. The van der Waals surface area contributed by atoms with Crippen molar-refractivity contribution < 1.29 is 14.2 Å². The minimum absolute atomic E-state index is 0.631. The van der Waals surface area contributed by atoms with Crippen molar-refractivity contribution in [3.05, 3.63) is 0 Å². The summed E-state index contributed by atoms with van der Waals surface area (Å²) in [5.41, 5.74) is 5.49. The molecule has 0 heterocycles. The highest BCUT2D eigenvalue weighted by Gasteiger charge is 1.99. The van der Waals surface area contributed by atoms with Crippen molar-refractivity contribution in [2.75, 3.05) is 66.3 Å². The van der Waals surface area contributed by atoms with Gasteiger partial charge in [0.2, 0.25) is 0 Å². The summed E-state index contributed by atoms with van der Waals surface area (Å²) in [6, 6.07) is 0. The summed E-state index contributed by atoms with van der Waals surface area (Å²) in [5.74, 6) is 0. The highest BCUT2D eigenvalue weighted by Crippen LogP contribution is 1.87. The Morgan fingerprint density at radius 3 is 2.12 bits per heavy atom. The summed E-state index contributed by atoms with van der Waals surface area (Å²) in [5, 5.41) is 0. The first-order chi connectivity index (χ1) is 7.85. The molecule has 0 rings (SSSR count). The van der Waals surface area contributed by atoms with Crippen LogP contribution in [0.4, 0.5) is 0 Å². The van der Waals surface area contributed by atoms with Gasteiger partial charge in [0.25, 0.3) is 0 Å². The van der Waals surface area contributed by atoms with Gasteiger partial charge in [0.15, 0.2) is 0 Å². The van der Waals surface area contributed by atoms with Gasteiger partial charge in [-0.05, 0) is 6.54 Å². The van der Waals surface area contributed by atoms with E-state index in [0.717, 1.165) is 26.2 Å². The Labute approximate surface area is 98.8 Å². The Balaban J connectivity index is 3.12. The fourth-order valence-corrected chi connectivity index (χ4v) is 1.27. The number of methoxy groups -OCH3 is 1. The van der Waals surface area contributed by atoms with Crippen LogP contribution in [0.2, 0.25) is 0 Å². The molecule has 0 aliphatic rings. The average molecular weight is 234 g/mol. The van der Waals surface area contributed by atoms with Crippen molar-refractivity contribution in [2.45, 2.75) is 6.92 Å². The lowest BCUT2D eigenvalue weighted by atomic mass is 10.4. The molecule has 2 N–H and O–H groups in total. The fraction of sp³-hybridized carbons (Fsp3) is 1.00. The lowest BCUT2D eigenvalue weighted by molar-refractivity contribution is 0.0199. The fourth-order valence-electron chi connectivity index (χ4n) is 1.27. The summed E-state index contributed by atoms with van der Waals surface area (Å²) in [4.78, 5) is 2.27. The molecule has 5 heteroatoms. The third kappa shape index (κ3) is 10.3. The van der Waals surface area contributed by atoms with Crippen molar-refractivity contribution in [2.24, 2.45) is 5.73 Å². The third-order valence-corrected chi connectivity index (χ3v) is 2.25. The second-order valence-electron chi connectivity index (χ2n) is 3.44. The van der Waals surface area contributed by atoms with E-state index in [1.54, 1.807) is 7.11 Å². The number of hydrogen-bond acceptors (Lipinski definition) is 5. The molecule has 0 saturated carbocycles. The molecule has 0 aromatic heterocycles. The number of hydrogen-bond donors (Lipinski definition) is 1. The van der Waals surface area contributed by atoms with Crippen molar-refractivity contribution in [3.63, 3.8) is 0 Å². The molecule has 0 aromatic carbocycles. The minimum atomic E-state index is 0.631. The maximum absolute atomic E-state index is 5.49. The first-order valence-corrected chi connectivity index (χ1v) is 5.92. The molecule has 0 aromatic rings. The van der Waals surface area contributed by atoms with E-state index in [4.69, 9.17) is 19.9 Å². The van der Waals surface area contributed by atoms with Crippen LogP contribution >= 0.6 is 0 Å². The van der Waals surface area contributed by atoms with Gasteiger partial charge in [0.05, 0.1) is 33.0 Å². The highest BCUT2D eigenvalue weighted by molar-refractivity contribution is 4.54. The molecule has 0 fully saturated rings. The maximum atomic E-state index is 5.49. The zero-order valence-electron chi connectivity index (χ0n) is 10.6. The van der Waals surface area contributed by atoms with Crippen LogP contribution in [0.5, 0.6) is 0 Å². The zero-order valence-corrected chi connectivity index (χ0v) is 10.6. The van der Waals surface area contributed by atoms with E-state index in [1.165, 1.54) is 0 Å². The van der Waals surface area contributed by atoms with E-state index in [0.29, 0.717) is 33.0 Å². The SMILES string of the molecule is CCN(CCN)CCOCCOCCOC. The Kier molecular flexibility index (Phi) is 12.7. The molecule has 0 atom stereocenters. The van der Waals surface area contributed by atoms with Crippen LogP contribution in [0.1, 0.15) is 6.92 Å². The highest BCUT2D eigenvalue weighted by atomic mass is 16.5. The van der Waals surface area contributed by atoms with Crippen LogP contribution in [0, 0.1) is 0 Å². The maximum Gasteiger partial charge on any atom is 0.0701 e. The second kappa shape index (κ2) is 12.9. The lowest BCUT2D eigenvalue weighted by Crippen LogP contribution is -2.32. The van der Waals surface area contributed by atoms with Crippen LogP contribution < -0.4 is 5.73 Å². The van der Waals surface area contributed by atoms with Gasteiger partial charge in [0, 0.05) is 26.7 Å². The number of likely N-dealkylation sites (N-methyl/N-ethyl adjacent to an activating group) is 1. The number of nitrogens with two attached hydrogens (primary N) is 1. The first kappa shape index (κ1) is 15.8. The van der Waals surface area contributed by atoms with Crippen molar-refractivity contribution in [3.8, 4) is 0 Å². The lowest BCUT2D eigenvalue weighted by Gasteiger charge is -2.18. The Morgan fingerprint density at radius 1 is 0.938 bits per heavy atom. The summed E-state index contributed by atoms with van der Waals surface area (Å²) >= 11 is 0. The quantitative estimate of drug-likeness (QED) is 0.480. The van der Waals surface area contributed by atoms with E-state index < -0.39 is 0 Å². The molecular weight excluding hydrogens is 208 g/mol. The van der Waals surface area contributed by atoms with Gasteiger partial charge in [-0.2, -0.15) is 0 Å². The molecule has 5 nitrogen and oxygen atoms in total. The smallest absolute Gasteiger partial charge is 0.0701 e. The molecule has 0 aliphatic heterocycles. The van der Waals surface area contributed by atoms with Crippen LogP contribution in [-0.4, -0.2) is 71.2 Å². The normalized spacial score (nSPS) is 11.2. The number of ether oxygens (including phenoxy) is 3. The van der Waals surface area contributed by atoms with Crippen LogP contribution in [0.3, 0.4) is 0 Å². The summed E-state index contributed by atoms with van der Waals surface area (Å²) < 4.78 is 15.6. The monoisotopic (exact) mass is 234 g/mol. The molecule has 0 spiro atoms. The molecule has 0 saturated heterocycles. The summed E-state index contributed by atoms with van der Waals surface area (Å²) in [6.07, 6.45) is 0. The van der Waals surface area contributed by atoms with Crippen LogP contribution in [-0.2, 0) is 14.2 Å². The standard InChI is InChI=1S/C11H26N2O3/c1-3-13(5-4-12)6-7-15-10-11-16-9-8-14-2/h3-12H2,1-2H3. The third-order valence-electron chi connectivity index (χ3n) is 2.25. The van der Waals surface area contributed by atoms with Crippen molar-refractivity contribution in [1.29, 1.82) is 0 Å². The van der Waals surface area contributed by atoms with Gasteiger partial charge in [-0.3, -0.25) is 0 Å². The van der Waals surface area contributed by atoms with E-state index in [-0.39, 0.29) is 0 Å². The molecule has 0 aliphatic carbocycles. The zero-order chi connectivity index (χ0) is 12.1. The van der Waals surface area contributed by atoms with Crippen molar-refractivity contribution >= 4 is 0 Å². The molecule has 0 amide bonds. The molecule has 98 valence electrons. The Hall–Kier alpha value is -0.200. The van der Waals surface area contributed by atoms with E-state index in [9.17, 15) is 0 Å².